The Kier molecular flexibility index (Phi) is 20.7. The van der Waals surface area contributed by atoms with Gasteiger partial charge in [-0.3, -0.25) is 14.6 Å². The predicted octanol–water partition coefficient (Wildman–Crippen LogP) is 5.56. The van der Waals surface area contributed by atoms with Gasteiger partial charge in [-0.1, -0.05) is 95.3 Å². The Balaban J connectivity index is 0.00000461. The maximum Gasteiger partial charge on any atom is 1.00 e. The van der Waals surface area contributed by atoms with Crippen molar-refractivity contribution in [2.24, 2.45) is 10.9 Å². The fourth-order valence-electron chi connectivity index (χ4n) is 13.3. The van der Waals surface area contributed by atoms with E-state index in [2.05, 4.69) is 78.6 Å². The van der Waals surface area contributed by atoms with E-state index in [0.29, 0.717) is 63.0 Å². The number of benzene rings is 5. The summed E-state index contributed by atoms with van der Waals surface area (Å²) in [4.78, 5) is 42.7. The average Bonchev–Trinajstić information content (AvgIpc) is 1.97. The molecule has 0 aromatic heterocycles. The van der Waals surface area contributed by atoms with Gasteiger partial charge in [0, 0.05) is 67.9 Å². The second-order valence-electron chi connectivity index (χ2n) is 24.1. The summed E-state index contributed by atoms with van der Waals surface area (Å²) >= 11 is 25.7. The number of thioether (sulfide) groups is 1. The molecule has 0 spiro atoms. The molecule has 18 nitrogen and oxygen atoms in total. The molecule has 0 fully saturated rings. The monoisotopic (exact) mass is 1400 g/mol. The van der Waals surface area contributed by atoms with Crippen molar-refractivity contribution in [3.8, 4) is 23.0 Å². The number of nitrogens with one attached hydrogen (secondary N) is 4. The number of carboxylic acid groups (broad SMARTS) is 1. The van der Waals surface area contributed by atoms with Gasteiger partial charge in [0.05, 0.1) is 49.0 Å². The number of ether oxygens (including phenoxy) is 3. The van der Waals surface area contributed by atoms with E-state index < -0.39 is 86.9 Å². The Morgan fingerprint density at radius 2 is 1.51 bits per heavy atom. The van der Waals surface area contributed by atoms with Crippen LogP contribution in [0.15, 0.2) is 78.8 Å². The average molecular weight is 1400 g/mol. The molecule has 27 heteroatoms. The summed E-state index contributed by atoms with van der Waals surface area (Å²) in [6, 6.07) is 13.6. The van der Waals surface area contributed by atoms with Crippen molar-refractivity contribution in [3.63, 3.8) is 0 Å². The Morgan fingerprint density at radius 3 is 2.22 bits per heavy atom. The van der Waals surface area contributed by atoms with Gasteiger partial charge >= 0.3 is 65.1 Å². The minimum absolute atomic E-state index is 0. The van der Waals surface area contributed by atoms with Gasteiger partial charge in [0.25, 0.3) is 0 Å². The Morgan fingerprint density at radius 1 is 0.818 bits per heavy atom. The van der Waals surface area contributed by atoms with Gasteiger partial charge in [-0.25, -0.2) is 21.6 Å². The van der Waals surface area contributed by atoms with Gasteiger partial charge in [0.2, 0.25) is 18.6 Å². The number of rotatable bonds is 17. The van der Waals surface area contributed by atoms with Crippen LogP contribution in [0.5, 0.6) is 23.0 Å². The fraction of sp³-hybridized carbons (Fsp3) is 0.410. The third kappa shape index (κ3) is 13.5. The van der Waals surface area contributed by atoms with Crippen LogP contribution in [0.25, 0.3) is 5.57 Å². The third-order valence-electron chi connectivity index (χ3n) is 16.8. The minimum Gasteiger partial charge on any atom is -0.744 e. The first-order chi connectivity index (χ1) is 40.5. The van der Waals surface area contributed by atoms with E-state index >= 15 is 0 Å². The number of carboxylic acids is 1. The molecule has 5 atom stereocenters. The zero-order chi connectivity index (χ0) is 61.7. The van der Waals surface area contributed by atoms with Gasteiger partial charge in [0.15, 0.2) is 23.0 Å². The first-order valence-electron chi connectivity index (χ1n) is 28.2. The van der Waals surface area contributed by atoms with E-state index in [-0.39, 0.29) is 150 Å². The van der Waals surface area contributed by atoms with E-state index in [9.17, 15) is 45.4 Å². The number of unbranched alkanes of at least 4 members (excludes halogenated alkanes) is 2. The van der Waals surface area contributed by atoms with Crippen LogP contribution in [0.2, 0.25) is 15.1 Å². The van der Waals surface area contributed by atoms with Gasteiger partial charge in [-0.05, 0) is 142 Å². The van der Waals surface area contributed by atoms with Crippen LogP contribution in [0.4, 0.5) is 11.4 Å². The number of hydrogen-bond acceptors (Lipinski definition) is 16. The molecule has 0 saturated heterocycles. The van der Waals surface area contributed by atoms with E-state index in [1.165, 1.54) is 17.7 Å². The maximum absolute atomic E-state index is 13.7. The van der Waals surface area contributed by atoms with E-state index in [4.69, 9.17) is 49.0 Å². The van der Waals surface area contributed by atoms with E-state index in [0.717, 1.165) is 51.0 Å². The van der Waals surface area contributed by atoms with Crippen LogP contribution in [0.1, 0.15) is 160 Å². The second kappa shape index (κ2) is 26.4. The molecule has 0 radical (unpaired) electrons. The van der Waals surface area contributed by atoms with E-state index in [1.807, 2.05) is 13.0 Å². The number of hydrogen-bond donors (Lipinski definition) is 5. The molecule has 5 N–H and O–H groups in total. The van der Waals surface area contributed by atoms with Crippen LogP contribution < -0.4 is 105 Å². The van der Waals surface area contributed by atoms with Crippen LogP contribution in [0.3, 0.4) is 0 Å². The molecule has 6 aliphatic rings. The number of carbonyl (C=O) groups is 3. The topological polar surface area (TPSA) is 274 Å². The van der Waals surface area contributed by atoms with Crippen LogP contribution >= 0.6 is 62.5 Å². The Bertz CT molecular complexity index is 4160. The molecule has 5 aliphatic heterocycles. The predicted molar refractivity (Wildman–Crippen MR) is 330 cm³/mol. The first kappa shape index (κ1) is 68.8. The summed E-state index contributed by atoms with van der Waals surface area (Å²) in [6.07, 6.45) is 9.01. The molecular formula is C61H61BrCl3N5Na2O13S3. The molecule has 5 aromatic rings. The standard InChI is InChI=1S/C61H63BrCl3N5O13S3.2Na/c1-28-24-60(3,4)69-52-33(28)20-37-45(38-21-34-29(2)25-61(5,6)70-53(34)58(86(78,79)80)55(38)83-54(37)57(52)85(75,76)77)46-47(59(73)74)48(63)50(65)56(49(46)64)84-26-44(72)66-17-9-7-8-13-43(71)67-18-16-30-14-15-40-35(19-30)31-11-10-12-32(31)51(68-40)36-22-41-42(23-39(36)62)82-27-81-41;;/h10-11,14-15,19-23,28-29,31-32,51,68-69H,7-9,12-13,16-18,24-27H2,1-6H3,(H,66,72)(H,67,71)(H,73,74)(H,75,76,77)(H,78,79,80);;/q;2*+1/p-2/t28?,29?,31-,32+,51-;;/m1../s1. The van der Waals surface area contributed by atoms with Crippen LogP contribution in [-0.4, -0.2) is 85.5 Å². The molecule has 2 amide bonds. The largest absolute Gasteiger partial charge is 1.00 e. The number of anilines is 2. The van der Waals surface area contributed by atoms with Crippen molar-refractivity contribution in [2.75, 3.05) is 36.3 Å². The Hall–Kier alpha value is -3.56. The molecule has 2 unspecified atom stereocenters. The normalized spacial score (nSPS) is 20.3. The van der Waals surface area contributed by atoms with Crippen LogP contribution in [-0.2, 0) is 36.2 Å². The van der Waals surface area contributed by atoms with Crippen molar-refractivity contribution in [1.29, 1.82) is 0 Å². The quantitative estimate of drug-likeness (QED) is 0.0187. The molecular weight excluding hydrogens is 1340 g/mol. The summed E-state index contributed by atoms with van der Waals surface area (Å²) < 4.78 is 101. The number of halogens is 4. The third-order valence-corrected chi connectivity index (χ3v) is 21.8. The summed E-state index contributed by atoms with van der Waals surface area (Å²) in [7, 11) is -11.1. The van der Waals surface area contributed by atoms with Crippen molar-refractivity contribution in [2.45, 2.75) is 142 Å². The molecule has 456 valence electrons. The molecule has 88 heavy (non-hydrogen) atoms. The van der Waals surface area contributed by atoms with Gasteiger partial charge in [-0.15, -0.1) is 11.8 Å². The number of nitrogens with zero attached hydrogens (tertiary/aromatic N) is 1. The number of carbonyl (C=O) groups excluding carboxylic acids is 2. The van der Waals surface area contributed by atoms with Crippen molar-refractivity contribution >= 4 is 117 Å². The summed E-state index contributed by atoms with van der Waals surface area (Å²) in [5, 5.41) is 22.2. The summed E-state index contributed by atoms with van der Waals surface area (Å²) in [5.74, 6) is -2.75. The first-order valence-corrected chi connectivity index (χ1v) is 33.9. The molecule has 0 saturated carbocycles. The van der Waals surface area contributed by atoms with Crippen molar-refractivity contribution in [1.82, 2.24) is 10.6 Å². The molecule has 11 rings (SSSR count). The molecule has 0 bridgehead atoms. The number of allylic oxidation sites excluding steroid dienone is 2. The molecule has 1 aliphatic carbocycles. The van der Waals surface area contributed by atoms with Gasteiger partial charge < -0.3 is 49.7 Å². The number of amides is 2. The fourth-order valence-corrected chi connectivity index (χ4v) is 17.4. The smallest absolute Gasteiger partial charge is 0.744 e. The summed E-state index contributed by atoms with van der Waals surface area (Å²) in [5.41, 5.74) is 1.92. The van der Waals surface area contributed by atoms with Crippen molar-refractivity contribution < 1.29 is 119 Å². The molecule has 5 aromatic carbocycles. The number of aromatic carboxylic acids is 1. The minimum atomic E-state index is -5.58. The zero-order valence-electron chi connectivity index (χ0n) is 49.6. The Labute approximate surface area is 582 Å². The number of fused-ring (bicyclic) bond motifs is 8. The zero-order valence-corrected chi connectivity index (χ0v) is 59.9. The van der Waals surface area contributed by atoms with Gasteiger partial charge in [0.1, 0.15) is 30.0 Å². The SMILES string of the molecule is CC1CC(C)(C)Nc2c1cc1c(c2S(=O)(=O)[O-])Oc2c(S(=O)(=O)[O-])c3c(cc2=C1c1c(Cl)c(SCC(=O)NCCCCCC(=O)NCCc2ccc4c(c2)[C@@H]2C=CC[C@@H]2[C@H](c2cc5c(cc2Br)OCO5)N4)c(Cl)c(Cl)c1C(=O)O)C(C)CC(C)(C)N=3.[Na+].[Na+]. The van der Waals surface area contributed by atoms with Crippen LogP contribution in [0, 0.1) is 5.92 Å². The van der Waals surface area contributed by atoms with E-state index in [1.54, 1.807) is 34.6 Å². The summed E-state index contributed by atoms with van der Waals surface area (Å²) in [6.45, 7) is 11.6. The molecule has 5 heterocycles. The second-order valence-corrected chi connectivity index (χ2v) is 29.7. The van der Waals surface area contributed by atoms with Gasteiger partial charge in [-0.2, -0.15) is 0 Å². The maximum atomic E-state index is 13.7. The van der Waals surface area contributed by atoms with Crippen molar-refractivity contribution in [3.05, 3.63) is 129 Å².